The summed E-state index contributed by atoms with van der Waals surface area (Å²) in [5.41, 5.74) is 0.234. The molecule has 1 aromatic rings. The van der Waals surface area contributed by atoms with Crippen LogP contribution in [0.4, 0.5) is 0 Å². The van der Waals surface area contributed by atoms with Crippen LogP contribution in [0.5, 0.6) is 17.2 Å². The number of carbonyl (C=O) groups excluding carboxylic acids is 2. The van der Waals surface area contributed by atoms with Crippen LogP contribution in [0.1, 0.15) is 23.2 Å². The van der Waals surface area contributed by atoms with E-state index in [2.05, 4.69) is 0 Å². The predicted molar refractivity (Wildman–Crippen MR) is 100.0 cm³/mol. The summed E-state index contributed by atoms with van der Waals surface area (Å²) in [5.74, 6) is -1.10. The van der Waals surface area contributed by atoms with Crippen molar-refractivity contribution < 1.29 is 33.7 Å². The normalized spacial score (nSPS) is 16.3. The maximum absolute atomic E-state index is 12.9. The summed E-state index contributed by atoms with van der Waals surface area (Å²) in [6, 6.07) is 3.05. The van der Waals surface area contributed by atoms with Gasteiger partial charge in [0, 0.05) is 32.3 Å². The lowest BCUT2D eigenvalue weighted by Gasteiger charge is -2.32. The van der Waals surface area contributed by atoms with E-state index in [9.17, 15) is 14.4 Å². The number of amides is 2. The average Bonchev–Trinajstić information content (AvgIpc) is 2.71. The van der Waals surface area contributed by atoms with Gasteiger partial charge >= 0.3 is 5.97 Å². The van der Waals surface area contributed by atoms with Crippen LogP contribution >= 0.6 is 0 Å². The summed E-state index contributed by atoms with van der Waals surface area (Å²) < 4.78 is 15.7. The summed E-state index contributed by atoms with van der Waals surface area (Å²) >= 11 is 0. The standard InChI is InChI=1S/C19H26N2O7/c1-20(11-17(22)21-7-5-6-12(10-21)19(24)25)18(23)13-8-15(27-3)16(28-4)9-14(13)26-2/h8-9,12H,5-7,10-11H2,1-4H3,(H,24,25). The molecule has 28 heavy (non-hydrogen) atoms. The van der Waals surface area contributed by atoms with Crippen LogP contribution in [0.25, 0.3) is 0 Å². The molecule has 0 saturated carbocycles. The molecule has 9 nitrogen and oxygen atoms in total. The highest BCUT2D eigenvalue weighted by atomic mass is 16.5. The van der Waals surface area contributed by atoms with Gasteiger partial charge in [-0.25, -0.2) is 0 Å². The van der Waals surface area contributed by atoms with E-state index in [0.717, 1.165) is 0 Å². The molecule has 0 bridgehead atoms. The van der Waals surface area contributed by atoms with E-state index in [1.54, 1.807) is 6.07 Å². The molecule has 2 rings (SSSR count). The van der Waals surface area contributed by atoms with Gasteiger partial charge in [-0.05, 0) is 12.8 Å². The third-order valence-corrected chi connectivity index (χ3v) is 4.78. The molecule has 0 aromatic heterocycles. The molecular formula is C19H26N2O7. The van der Waals surface area contributed by atoms with E-state index in [0.29, 0.717) is 36.6 Å². The first kappa shape index (κ1) is 21.3. The molecular weight excluding hydrogens is 368 g/mol. The summed E-state index contributed by atoms with van der Waals surface area (Å²) in [7, 11) is 5.88. The second-order valence-corrected chi connectivity index (χ2v) is 6.59. The number of piperidine rings is 1. The summed E-state index contributed by atoms with van der Waals surface area (Å²) in [4.78, 5) is 39.4. The molecule has 1 fully saturated rings. The second kappa shape index (κ2) is 9.29. The van der Waals surface area contributed by atoms with Crippen LogP contribution < -0.4 is 14.2 Å². The highest BCUT2D eigenvalue weighted by molar-refractivity contribution is 5.99. The highest BCUT2D eigenvalue weighted by Crippen LogP contribution is 2.35. The van der Waals surface area contributed by atoms with Crippen molar-refractivity contribution in [1.29, 1.82) is 0 Å². The number of likely N-dealkylation sites (tertiary alicyclic amines) is 1. The monoisotopic (exact) mass is 394 g/mol. The van der Waals surface area contributed by atoms with Gasteiger partial charge in [0.2, 0.25) is 5.91 Å². The Morgan fingerprint density at radius 3 is 2.29 bits per heavy atom. The quantitative estimate of drug-likeness (QED) is 0.738. The van der Waals surface area contributed by atoms with E-state index in [1.165, 1.54) is 44.2 Å². The number of aliphatic carboxylic acids is 1. The first-order chi connectivity index (χ1) is 13.3. The molecule has 1 aliphatic rings. The third kappa shape index (κ3) is 4.65. The highest BCUT2D eigenvalue weighted by Gasteiger charge is 2.29. The van der Waals surface area contributed by atoms with Gasteiger partial charge in [0.05, 0.1) is 39.4 Å². The van der Waals surface area contributed by atoms with Gasteiger partial charge in [-0.3, -0.25) is 14.4 Å². The largest absolute Gasteiger partial charge is 0.496 e. The lowest BCUT2D eigenvalue weighted by molar-refractivity contribution is -0.145. The van der Waals surface area contributed by atoms with Gasteiger partial charge in [-0.2, -0.15) is 0 Å². The lowest BCUT2D eigenvalue weighted by Crippen LogP contribution is -2.46. The molecule has 0 radical (unpaired) electrons. The van der Waals surface area contributed by atoms with Gasteiger partial charge in [0.15, 0.2) is 11.5 Å². The smallest absolute Gasteiger partial charge is 0.308 e. The van der Waals surface area contributed by atoms with E-state index < -0.39 is 17.8 Å². The first-order valence-corrected chi connectivity index (χ1v) is 8.88. The van der Waals surface area contributed by atoms with E-state index >= 15 is 0 Å². The number of carboxylic acid groups (broad SMARTS) is 1. The van der Waals surface area contributed by atoms with Gasteiger partial charge in [0.25, 0.3) is 5.91 Å². The summed E-state index contributed by atoms with van der Waals surface area (Å²) in [5, 5.41) is 9.17. The van der Waals surface area contributed by atoms with Gasteiger partial charge in [-0.1, -0.05) is 0 Å². The fourth-order valence-electron chi connectivity index (χ4n) is 3.18. The fourth-order valence-corrected chi connectivity index (χ4v) is 3.18. The average molecular weight is 394 g/mol. The Morgan fingerprint density at radius 1 is 1.11 bits per heavy atom. The van der Waals surface area contributed by atoms with E-state index in [1.807, 2.05) is 0 Å². The van der Waals surface area contributed by atoms with Crippen LogP contribution in [0.3, 0.4) is 0 Å². The number of hydrogen-bond donors (Lipinski definition) is 1. The Kier molecular flexibility index (Phi) is 7.08. The molecule has 2 amide bonds. The topological polar surface area (TPSA) is 106 Å². The first-order valence-electron chi connectivity index (χ1n) is 8.88. The zero-order chi connectivity index (χ0) is 20.8. The summed E-state index contributed by atoms with van der Waals surface area (Å²) in [6.07, 6.45) is 1.18. The van der Waals surface area contributed by atoms with Crippen LogP contribution in [-0.4, -0.2) is 80.7 Å². The number of carboxylic acids is 1. The van der Waals surface area contributed by atoms with Crippen molar-refractivity contribution in [2.24, 2.45) is 5.92 Å². The van der Waals surface area contributed by atoms with Crippen LogP contribution in [-0.2, 0) is 9.59 Å². The molecule has 1 N–H and O–H groups in total. The molecule has 1 atom stereocenters. The van der Waals surface area contributed by atoms with Crippen LogP contribution in [0.2, 0.25) is 0 Å². The maximum Gasteiger partial charge on any atom is 0.308 e. The number of benzene rings is 1. The number of methoxy groups -OCH3 is 3. The zero-order valence-corrected chi connectivity index (χ0v) is 16.6. The number of hydrogen-bond acceptors (Lipinski definition) is 6. The molecule has 0 aliphatic carbocycles. The van der Waals surface area contributed by atoms with Crippen molar-refractivity contribution in [2.45, 2.75) is 12.8 Å². The zero-order valence-electron chi connectivity index (χ0n) is 16.6. The summed E-state index contributed by atoms with van der Waals surface area (Å²) in [6.45, 7) is 0.489. The molecule has 1 aliphatic heterocycles. The Morgan fingerprint density at radius 2 is 1.71 bits per heavy atom. The van der Waals surface area contributed by atoms with Crippen molar-refractivity contribution in [1.82, 2.24) is 9.80 Å². The number of nitrogens with zero attached hydrogens (tertiary/aromatic N) is 2. The van der Waals surface area contributed by atoms with E-state index in [-0.39, 0.29) is 24.6 Å². The van der Waals surface area contributed by atoms with Crippen molar-refractivity contribution in [3.05, 3.63) is 17.7 Å². The van der Waals surface area contributed by atoms with Crippen LogP contribution in [0, 0.1) is 5.92 Å². The van der Waals surface area contributed by atoms with Gasteiger partial charge < -0.3 is 29.1 Å². The lowest BCUT2D eigenvalue weighted by atomic mass is 9.98. The molecule has 1 saturated heterocycles. The SMILES string of the molecule is COc1cc(OC)c(C(=O)N(C)CC(=O)N2CCCC(C(=O)O)C2)cc1OC. The van der Waals surface area contributed by atoms with E-state index in [4.69, 9.17) is 19.3 Å². The maximum atomic E-state index is 12.9. The van der Waals surface area contributed by atoms with Crippen molar-refractivity contribution >= 4 is 17.8 Å². The van der Waals surface area contributed by atoms with Crippen molar-refractivity contribution in [3.63, 3.8) is 0 Å². The van der Waals surface area contributed by atoms with Gasteiger partial charge in [-0.15, -0.1) is 0 Å². The Balaban J connectivity index is 2.14. The molecule has 9 heteroatoms. The number of rotatable bonds is 7. The van der Waals surface area contributed by atoms with Crippen molar-refractivity contribution in [2.75, 3.05) is 48.0 Å². The Hall–Kier alpha value is -2.97. The number of ether oxygens (including phenoxy) is 3. The minimum absolute atomic E-state index is 0.163. The minimum Gasteiger partial charge on any atom is -0.496 e. The molecule has 154 valence electrons. The predicted octanol–water partition coefficient (Wildman–Crippen LogP) is 1.11. The number of carbonyl (C=O) groups is 3. The molecule has 0 spiro atoms. The van der Waals surface area contributed by atoms with Crippen molar-refractivity contribution in [3.8, 4) is 17.2 Å². The Labute approximate surface area is 163 Å². The minimum atomic E-state index is -0.906. The molecule has 1 unspecified atom stereocenters. The van der Waals surface area contributed by atoms with Gasteiger partial charge in [0.1, 0.15) is 5.75 Å². The third-order valence-electron chi connectivity index (χ3n) is 4.78. The Bertz CT molecular complexity index is 750. The molecule has 1 heterocycles. The molecule has 1 aromatic carbocycles. The van der Waals surface area contributed by atoms with Crippen LogP contribution in [0.15, 0.2) is 12.1 Å². The fraction of sp³-hybridized carbons (Fsp3) is 0.526. The number of likely N-dealkylation sites (N-methyl/N-ethyl adjacent to an activating group) is 1. The second-order valence-electron chi connectivity index (χ2n) is 6.59.